The third-order valence-electron chi connectivity index (χ3n) is 6.11. The van der Waals surface area contributed by atoms with Gasteiger partial charge in [-0.2, -0.15) is 0 Å². The van der Waals surface area contributed by atoms with Gasteiger partial charge in [-0.3, -0.25) is 9.69 Å². The number of nitrogens with one attached hydrogen (secondary N) is 2. The first-order valence-corrected chi connectivity index (χ1v) is 11.4. The Morgan fingerprint density at radius 3 is 2.67 bits per heavy atom. The second kappa shape index (κ2) is 12.3. The van der Waals surface area contributed by atoms with Crippen molar-refractivity contribution in [3.05, 3.63) is 71.3 Å². The minimum atomic E-state index is -0.0815. The maximum absolute atomic E-state index is 11.9. The number of halogens is 1. The Morgan fingerprint density at radius 1 is 1.12 bits per heavy atom. The van der Waals surface area contributed by atoms with Gasteiger partial charge in [0.1, 0.15) is 0 Å². The second-order valence-electron chi connectivity index (χ2n) is 8.29. The van der Waals surface area contributed by atoms with Gasteiger partial charge in [-0.1, -0.05) is 42.5 Å². The summed E-state index contributed by atoms with van der Waals surface area (Å²) in [6, 6.07) is 18.6. The van der Waals surface area contributed by atoms with E-state index in [1.54, 1.807) is 7.05 Å². The summed E-state index contributed by atoms with van der Waals surface area (Å²) >= 11 is 0. The third kappa shape index (κ3) is 6.45. The van der Waals surface area contributed by atoms with Crippen LogP contribution in [0.25, 0.3) is 0 Å². The monoisotopic (exact) mass is 563 g/mol. The molecule has 2 N–H and O–H groups in total. The summed E-state index contributed by atoms with van der Waals surface area (Å²) in [4.78, 5) is 21.7. The molecular weight excluding hydrogens is 529 g/mol. The lowest BCUT2D eigenvalue weighted by Crippen LogP contribution is -2.50. The molecule has 0 saturated carbocycles. The quantitative estimate of drug-likeness (QED) is 0.322. The Kier molecular flexibility index (Phi) is 9.52. The van der Waals surface area contributed by atoms with Crippen molar-refractivity contribution in [3.63, 3.8) is 0 Å². The molecule has 2 aromatic rings. The van der Waals surface area contributed by atoms with Crippen molar-refractivity contribution in [3.8, 4) is 0 Å². The van der Waals surface area contributed by atoms with Crippen LogP contribution in [0, 0.1) is 0 Å². The van der Waals surface area contributed by atoms with Gasteiger partial charge in [0.2, 0.25) is 0 Å². The van der Waals surface area contributed by atoms with Crippen LogP contribution in [-0.2, 0) is 17.8 Å². The van der Waals surface area contributed by atoms with Gasteiger partial charge < -0.3 is 20.3 Å². The lowest BCUT2D eigenvalue weighted by Gasteiger charge is -2.36. The third-order valence-corrected chi connectivity index (χ3v) is 6.11. The van der Waals surface area contributed by atoms with E-state index < -0.39 is 0 Å². The zero-order valence-corrected chi connectivity index (χ0v) is 21.7. The summed E-state index contributed by atoms with van der Waals surface area (Å²) in [5.41, 5.74) is 3.01. The Bertz CT molecular complexity index is 939. The summed E-state index contributed by atoms with van der Waals surface area (Å²) in [5, 5.41) is 6.11. The summed E-state index contributed by atoms with van der Waals surface area (Å²) in [5.74, 6) is 0.817. The van der Waals surface area contributed by atoms with Crippen molar-refractivity contribution in [2.45, 2.75) is 32.2 Å². The predicted octanol–water partition coefficient (Wildman–Crippen LogP) is 2.71. The molecule has 4 rings (SSSR count). The number of hydrogen-bond acceptors (Lipinski definition) is 4. The molecule has 178 valence electrons. The van der Waals surface area contributed by atoms with Crippen LogP contribution in [-0.4, -0.2) is 73.6 Å². The van der Waals surface area contributed by atoms with Crippen LogP contribution in [0.3, 0.4) is 0 Å². The van der Waals surface area contributed by atoms with Crippen molar-refractivity contribution >= 4 is 35.8 Å². The first-order chi connectivity index (χ1) is 15.7. The van der Waals surface area contributed by atoms with Gasteiger partial charge in [0.05, 0.1) is 25.3 Å². The molecule has 2 aromatic carbocycles. The molecule has 0 bridgehead atoms. The van der Waals surface area contributed by atoms with Crippen molar-refractivity contribution in [1.29, 1.82) is 0 Å². The molecule has 2 atom stereocenters. The Morgan fingerprint density at radius 2 is 1.91 bits per heavy atom. The summed E-state index contributed by atoms with van der Waals surface area (Å²) in [6.45, 7) is 7.79. The number of fused-ring (bicyclic) bond motifs is 1. The van der Waals surface area contributed by atoms with Crippen molar-refractivity contribution < 1.29 is 9.53 Å². The van der Waals surface area contributed by atoms with E-state index in [9.17, 15) is 4.79 Å². The average Bonchev–Trinajstić information content (AvgIpc) is 3.27. The fourth-order valence-electron chi connectivity index (χ4n) is 4.49. The van der Waals surface area contributed by atoms with E-state index in [0.717, 1.165) is 50.9 Å². The molecule has 8 heteroatoms. The Labute approximate surface area is 213 Å². The number of ether oxygens (including phenoxy) is 1. The molecule has 2 heterocycles. The number of likely N-dealkylation sites (tertiary alicyclic amines) is 1. The van der Waals surface area contributed by atoms with Crippen LogP contribution in [0.2, 0.25) is 0 Å². The van der Waals surface area contributed by atoms with Crippen molar-refractivity contribution in [1.82, 2.24) is 20.4 Å². The first-order valence-electron chi connectivity index (χ1n) is 11.4. The van der Waals surface area contributed by atoms with E-state index in [1.807, 2.05) is 24.3 Å². The lowest BCUT2D eigenvalue weighted by atomic mass is 10.1. The van der Waals surface area contributed by atoms with Gasteiger partial charge in [0.25, 0.3) is 5.91 Å². The maximum Gasteiger partial charge on any atom is 0.251 e. The molecule has 7 nitrogen and oxygen atoms in total. The van der Waals surface area contributed by atoms with Crippen molar-refractivity contribution in [2.24, 2.45) is 4.99 Å². The summed E-state index contributed by atoms with van der Waals surface area (Å²) in [6.07, 6.45) is 0.188. The zero-order chi connectivity index (χ0) is 22.3. The summed E-state index contributed by atoms with van der Waals surface area (Å²) < 4.78 is 6.14. The number of hydrogen-bond donors (Lipinski definition) is 2. The molecule has 0 radical (unpaired) electrons. The fraction of sp³-hybridized carbons (Fsp3) is 0.440. The molecule has 1 amide bonds. The van der Waals surface area contributed by atoms with Gasteiger partial charge in [0, 0.05) is 45.3 Å². The van der Waals surface area contributed by atoms with Gasteiger partial charge in [-0.15, -0.1) is 24.0 Å². The number of morpholine rings is 1. The molecule has 2 aliphatic rings. The number of carbonyl (C=O) groups excluding carboxylic acids is 1. The normalized spacial score (nSPS) is 20.7. The van der Waals surface area contributed by atoms with Gasteiger partial charge in [-0.25, -0.2) is 4.99 Å². The molecule has 2 unspecified atom stereocenters. The number of benzene rings is 2. The van der Waals surface area contributed by atoms with E-state index in [-0.39, 0.29) is 36.0 Å². The highest BCUT2D eigenvalue weighted by Crippen LogP contribution is 2.25. The maximum atomic E-state index is 11.9. The highest BCUT2D eigenvalue weighted by atomic mass is 127. The number of aliphatic imine (C=N–C) groups is 1. The Balaban J connectivity index is 0.00000306. The average molecular weight is 563 g/mol. The van der Waals surface area contributed by atoms with Gasteiger partial charge >= 0.3 is 0 Å². The van der Waals surface area contributed by atoms with E-state index in [2.05, 4.69) is 57.7 Å². The highest BCUT2D eigenvalue weighted by Gasteiger charge is 2.41. The van der Waals surface area contributed by atoms with E-state index in [4.69, 9.17) is 9.73 Å². The van der Waals surface area contributed by atoms with Gasteiger partial charge in [0.15, 0.2) is 5.96 Å². The van der Waals surface area contributed by atoms with Crippen LogP contribution < -0.4 is 10.6 Å². The number of rotatable bonds is 6. The standard InChI is InChI=1S/C25H33N5O2.HI/c1-3-27-25(28-15-20-10-7-11-21(14-20)24(31)26-2)30-17-22-23(18-30)32-13-12-29(22)16-19-8-5-4-6-9-19;/h4-11,14,22-23H,3,12-13,15-18H2,1-2H3,(H,26,31)(H,27,28);1H. The van der Waals surface area contributed by atoms with Gasteiger partial charge in [-0.05, 0) is 30.2 Å². The second-order valence-corrected chi connectivity index (χ2v) is 8.29. The zero-order valence-electron chi connectivity index (χ0n) is 19.4. The van der Waals surface area contributed by atoms with Crippen LogP contribution >= 0.6 is 24.0 Å². The van der Waals surface area contributed by atoms with E-state index in [1.165, 1.54) is 5.56 Å². The minimum Gasteiger partial charge on any atom is -0.373 e. The molecular formula is C25H34IN5O2. The Hall–Kier alpha value is -2.17. The number of nitrogens with zero attached hydrogens (tertiary/aromatic N) is 3. The number of amides is 1. The highest BCUT2D eigenvalue weighted by molar-refractivity contribution is 14.0. The fourth-order valence-corrected chi connectivity index (χ4v) is 4.49. The van der Waals surface area contributed by atoms with Crippen LogP contribution in [0.1, 0.15) is 28.4 Å². The molecule has 2 saturated heterocycles. The number of carbonyl (C=O) groups is 1. The first kappa shape index (κ1) is 25.5. The SMILES string of the molecule is CCNC(=NCc1cccc(C(=O)NC)c1)N1CC2OCCN(Cc3ccccc3)C2C1.I. The molecule has 2 aliphatic heterocycles. The van der Waals surface area contributed by atoms with Crippen LogP contribution in [0.4, 0.5) is 0 Å². The molecule has 0 aromatic heterocycles. The molecule has 0 aliphatic carbocycles. The molecule has 2 fully saturated rings. The smallest absolute Gasteiger partial charge is 0.251 e. The lowest BCUT2D eigenvalue weighted by molar-refractivity contribution is -0.0502. The van der Waals surface area contributed by atoms with E-state index >= 15 is 0 Å². The largest absolute Gasteiger partial charge is 0.373 e. The number of guanidine groups is 1. The van der Waals surface area contributed by atoms with Crippen molar-refractivity contribution in [2.75, 3.05) is 39.8 Å². The minimum absolute atomic E-state index is 0. The topological polar surface area (TPSA) is 69.2 Å². The van der Waals surface area contributed by atoms with Crippen LogP contribution in [0.15, 0.2) is 59.6 Å². The predicted molar refractivity (Wildman–Crippen MR) is 142 cm³/mol. The summed E-state index contributed by atoms with van der Waals surface area (Å²) in [7, 11) is 1.65. The molecule has 33 heavy (non-hydrogen) atoms. The van der Waals surface area contributed by atoms with Crippen LogP contribution in [0.5, 0.6) is 0 Å². The van der Waals surface area contributed by atoms with E-state index in [0.29, 0.717) is 18.2 Å². The molecule has 0 spiro atoms.